The molecule has 0 aromatic heterocycles. The van der Waals surface area contributed by atoms with Gasteiger partial charge in [-0.3, -0.25) is 0 Å². The Morgan fingerprint density at radius 3 is 1.53 bits per heavy atom. The van der Waals surface area contributed by atoms with Crippen LogP contribution in [0.3, 0.4) is 0 Å². The second-order valence-electron chi connectivity index (χ2n) is 4.74. The van der Waals surface area contributed by atoms with Gasteiger partial charge in [-0.15, -0.1) is 0 Å². The van der Waals surface area contributed by atoms with E-state index >= 15 is 0 Å². The molecule has 0 heterocycles. The number of allylic oxidation sites excluding steroid dienone is 1. The van der Waals surface area contributed by atoms with Crippen LogP contribution in [0.1, 0.15) is 73.6 Å². The van der Waals surface area contributed by atoms with Crippen LogP contribution in [0, 0.1) is 11.8 Å². The quantitative estimate of drug-likeness (QED) is 0.480. The predicted octanol–water partition coefficient (Wildman–Crippen LogP) is 5.83. The smallest absolute Gasteiger partial charge is 0.0266 e. The monoisotopic (exact) mass is 212 g/mol. The molecule has 0 aliphatic heterocycles. The minimum Gasteiger partial charge on any atom is -0.0999 e. The molecule has 1 fully saturated rings. The van der Waals surface area contributed by atoms with E-state index in [0.717, 1.165) is 5.92 Å². The van der Waals surface area contributed by atoms with Crippen molar-refractivity contribution in [3.63, 3.8) is 0 Å². The molecule has 0 spiro atoms. The first kappa shape index (κ1) is 17.1. The molecule has 0 unspecified atom stereocenters. The first-order valence-corrected chi connectivity index (χ1v) is 6.69. The normalized spacial score (nSPS) is 15.9. The van der Waals surface area contributed by atoms with Gasteiger partial charge >= 0.3 is 0 Å². The van der Waals surface area contributed by atoms with E-state index in [1.807, 2.05) is 20.8 Å². The van der Waals surface area contributed by atoms with Crippen LogP contribution in [0.15, 0.2) is 12.2 Å². The third-order valence-corrected chi connectivity index (χ3v) is 2.88. The van der Waals surface area contributed by atoms with Crippen molar-refractivity contribution in [1.82, 2.24) is 0 Å². The molecule has 0 saturated heterocycles. The minimum atomic E-state index is 0.657. The summed E-state index contributed by atoms with van der Waals surface area (Å²) < 4.78 is 0. The van der Waals surface area contributed by atoms with Crippen molar-refractivity contribution < 1.29 is 0 Å². The molecule has 0 bridgehead atoms. The standard InChI is InChI=1S/C7H14.C6H12.C2H6/c1-7-5-3-2-4-6-7;1-5(2)6(3)4;1-2/h7H,2-6H2,1H3;6H,1H2,2-4H3;1-2H3. The summed E-state index contributed by atoms with van der Waals surface area (Å²) >= 11 is 0. The molecule has 1 aliphatic rings. The Balaban J connectivity index is 0. The molecule has 0 aromatic carbocycles. The van der Waals surface area contributed by atoms with E-state index in [-0.39, 0.29) is 0 Å². The van der Waals surface area contributed by atoms with Crippen LogP contribution < -0.4 is 0 Å². The SMILES string of the molecule is C=C(C)C(C)C.CC.CC1CCCCC1. The average molecular weight is 212 g/mol. The van der Waals surface area contributed by atoms with Gasteiger partial charge in [-0.05, 0) is 18.8 Å². The second-order valence-corrected chi connectivity index (χ2v) is 4.74. The van der Waals surface area contributed by atoms with Crippen LogP contribution in [-0.4, -0.2) is 0 Å². The average Bonchev–Trinajstić information content (AvgIpc) is 2.22. The van der Waals surface area contributed by atoms with Gasteiger partial charge in [-0.2, -0.15) is 0 Å². The molecule has 0 radical (unpaired) electrons. The minimum absolute atomic E-state index is 0.657. The lowest BCUT2D eigenvalue weighted by atomic mass is 9.91. The summed E-state index contributed by atoms with van der Waals surface area (Å²) in [6, 6.07) is 0. The summed E-state index contributed by atoms with van der Waals surface area (Å²) in [5.74, 6) is 1.69. The third-order valence-electron chi connectivity index (χ3n) is 2.88. The summed E-state index contributed by atoms with van der Waals surface area (Å²) in [6.07, 6.45) is 7.44. The molecule has 15 heavy (non-hydrogen) atoms. The van der Waals surface area contributed by atoms with Crippen LogP contribution in [0.2, 0.25) is 0 Å². The fraction of sp³-hybridized carbons (Fsp3) is 0.867. The zero-order valence-electron chi connectivity index (χ0n) is 11.9. The maximum Gasteiger partial charge on any atom is -0.0266 e. The van der Waals surface area contributed by atoms with Gasteiger partial charge in [0.25, 0.3) is 0 Å². The summed E-state index contributed by atoms with van der Waals surface area (Å²) in [4.78, 5) is 0. The summed E-state index contributed by atoms with van der Waals surface area (Å²) in [5, 5.41) is 0. The summed E-state index contributed by atoms with van der Waals surface area (Å²) in [5.41, 5.74) is 1.26. The lowest BCUT2D eigenvalue weighted by molar-refractivity contribution is 0.385. The van der Waals surface area contributed by atoms with Gasteiger partial charge in [-0.1, -0.05) is 78.9 Å². The first-order chi connectivity index (χ1) is 7.04. The lowest BCUT2D eigenvalue weighted by Crippen LogP contribution is -1.99. The third kappa shape index (κ3) is 13.7. The van der Waals surface area contributed by atoms with Gasteiger partial charge in [0.05, 0.1) is 0 Å². The Morgan fingerprint density at radius 1 is 1.07 bits per heavy atom. The number of rotatable bonds is 1. The molecule has 0 atom stereocenters. The van der Waals surface area contributed by atoms with E-state index in [0.29, 0.717) is 5.92 Å². The highest BCUT2D eigenvalue weighted by molar-refractivity contribution is 4.90. The zero-order valence-corrected chi connectivity index (χ0v) is 11.9. The topological polar surface area (TPSA) is 0 Å². The van der Waals surface area contributed by atoms with Crippen molar-refractivity contribution >= 4 is 0 Å². The molecule has 0 aromatic rings. The Bertz CT molecular complexity index is 127. The zero-order chi connectivity index (χ0) is 12.3. The molecule has 0 amide bonds. The highest BCUT2D eigenvalue weighted by Gasteiger charge is 2.05. The van der Waals surface area contributed by atoms with Crippen molar-refractivity contribution in [1.29, 1.82) is 0 Å². The van der Waals surface area contributed by atoms with Gasteiger partial charge in [-0.25, -0.2) is 0 Å². The van der Waals surface area contributed by atoms with Gasteiger partial charge in [0.2, 0.25) is 0 Å². The van der Waals surface area contributed by atoms with E-state index < -0.39 is 0 Å². The van der Waals surface area contributed by atoms with Crippen molar-refractivity contribution in [3.8, 4) is 0 Å². The first-order valence-electron chi connectivity index (χ1n) is 6.69. The lowest BCUT2D eigenvalue weighted by Gasteiger charge is -2.15. The number of hydrogen-bond acceptors (Lipinski definition) is 0. The fourth-order valence-electron chi connectivity index (χ4n) is 1.31. The van der Waals surface area contributed by atoms with Crippen molar-refractivity contribution in [2.75, 3.05) is 0 Å². The van der Waals surface area contributed by atoms with Crippen LogP contribution in [0.4, 0.5) is 0 Å². The summed E-state index contributed by atoms with van der Waals surface area (Å²) in [6.45, 7) is 16.4. The Kier molecular flexibility index (Phi) is 13.5. The van der Waals surface area contributed by atoms with E-state index in [4.69, 9.17) is 0 Å². The molecular weight excluding hydrogens is 180 g/mol. The van der Waals surface area contributed by atoms with Crippen molar-refractivity contribution in [2.45, 2.75) is 73.6 Å². The van der Waals surface area contributed by atoms with Gasteiger partial charge in [0.1, 0.15) is 0 Å². The van der Waals surface area contributed by atoms with Crippen molar-refractivity contribution in [3.05, 3.63) is 12.2 Å². The molecule has 0 nitrogen and oxygen atoms in total. The van der Waals surface area contributed by atoms with E-state index in [2.05, 4.69) is 27.4 Å². The Hall–Kier alpha value is -0.260. The van der Waals surface area contributed by atoms with Crippen LogP contribution in [-0.2, 0) is 0 Å². The fourth-order valence-corrected chi connectivity index (χ4v) is 1.31. The number of hydrogen-bond donors (Lipinski definition) is 0. The molecule has 0 heteroatoms. The maximum absolute atomic E-state index is 3.75. The predicted molar refractivity (Wildman–Crippen MR) is 73.2 cm³/mol. The van der Waals surface area contributed by atoms with Crippen LogP contribution >= 0.6 is 0 Å². The molecule has 92 valence electrons. The van der Waals surface area contributed by atoms with Gasteiger partial charge < -0.3 is 0 Å². The Morgan fingerprint density at radius 2 is 1.40 bits per heavy atom. The maximum atomic E-state index is 3.75. The highest BCUT2D eigenvalue weighted by atomic mass is 14.1. The van der Waals surface area contributed by atoms with E-state index in [9.17, 15) is 0 Å². The van der Waals surface area contributed by atoms with E-state index in [1.54, 1.807) is 0 Å². The van der Waals surface area contributed by atoms with Crippen LogP contribution in [0.25, 0.3) is 0 Å². The van der Waals surface area contributed by atoms with Crippen molar-refractivity contribution in [2.24, 2.45) is 11.8 Å². The van der Waals surface area contributed by atoms with Gasteiger partial charge in [0, 0.05) is 0 Å². The largest absolute Gasteiger partial charge is 0.0999 e. The molecule has 1 aliphatic carbocycles. The van der Waals surface area contributed by atoms with E-state index in [1.165, 1.54) is 37.7 Å². The Labute approximate surface area is 98.2 Å². The highest BCUT2D eigenvalue weighted by Crippen LogP contribution is 2.22. The molecule has 0 N–H and O–H groups in total. The summed E-state index contributed by atoms with van der Waals surface area (Å²) in [7, 11) is 0. The molecule has 1 saturated carbocycles. The molecule has 1 rings (SSSR count). The second kappa shape index (κ2) is 11.8. The molecular formula is C15H32. The van der Waals surface area contributed by atoms with Crippen LogP contribution in [0.5, 0.6) is 0 Å². The van der Waals surface area contributed by atoms with Gasteiger partial charge in [0.15, 0.2) is 0 Å².